The minimum atomic E-state index is -1.52. The van der Waals surface area contributed by atoms with Gasteiger partial charge in [-0.3, -0.25) is 53.5 Å². The normalized spacial score (nSPS) is 18.3. The first kappa shape index (κ1) is 46.4. The summed E-state index contributed by atoms with van der Waals surface area (Å²) in [4.78, 5) is 92.8. The summed E-state index contributed by atoms with van der Waals surface area (Å²) in [6.45, 7) is 6.89. The molecule has 5 rings (SSSR count). The van der Waals surface area contributed by atoms with Crippen LogP contribution in [0.15, 0.2) is 97.5 Å². The molecule has 1 aromatic carbocycles. The summed E-state index contributed by atoms with van der Waals surface area (Å²) in [5.41, 5.74) is 3.69. The molecular weight excluding hydrogens is 803 g/mol. The minimum absolute atomic E-state index is 0.0638. The van der Waals surface area contributed by atoms with Crippen LogP contribution in [0.4, 0.5) is 5.69 Å². The molecule has 4 heterocycles. The minimum Gasteiger partial charge on any atom is -0.463 e. The fourth-order valence-corrected chi connectivity index (χ4v) is 6.73. The molecule has 0 aliphatic carbocycles. The average molecular weight is 854 g/mol. The van der Waals surface area contributed by atoms with Crippen molar-refractivity contribution in [3.63, 3.8) is 0 Å². The van der Waals surface area contributed by atoms with Gasteiger partial charge in [0.1, 0.15) is 18.8 Å². The molecule has 18 heteroatoms. The lowest BCUT2D eigenvalue weighted by molar-refractivity contribution is -0.271. The van der Waals surface area contributed by atoms with Crippen LogP contribution in [0.3, 0.4) is 0 Å². The second-order valence-corrected chi connectivity index (χ2v) is 14.5. The number of ether oxygens (including phenoxy) is 5. The number of esters is 4. The average Bonchev–Trinajstić information content (AvgIpc) is 3.22. The first-order chi connectivity index (χ1) is 29.8. The van der Waals surface area contributed by atoms with Crippen LogP contribution in [-0.2, 0) is 78.5 Å². The number of anilines is 1. The Kier molecular flexibility index (Phi) is 17.5. The smallest absolute Gasteiger partial charge is 0.305 e. The van der Waals surface area contributed by atoms with Gasteiger partial charge >= 0.3 is 23.9 Å². The molecule has 5 atom stereocenters. The van der Waals surface area contributed by atoms with Gasteiger partial charge < -0.3 is 34.3 Å². The van der Waals surface area contributed by atoms with Crippen LogP contribution >= 0.6 is 0 Å². The van der Waals surface area contributed by atoms with Crippen molar-refractivity contribution >= 4 is 41.4 Å². The van der Waals surface area contributed by atoms with E-state index in [-0.39, 0.29) is 18.9 Å². The van der Waals surface area contributed by atoms with Gasteiger partial charge in [-0.2, -0.15) is 0 Å². The summed E-state index contributed by atoms with van der Waals surface area (Å²) in [6.07, 6.45) is -0.450. The Balaban J connectivity index is 1.24. The summed E-state index contributed by atoms with van der Waals surface area (Å²) < 4.78 is 27.2. The number of nitrogens with zero attached hydrogens (tertiary/aromatic N) is 5. The number of hydrogen-bond donors (Lipinski definition) is 2. The molecule has 4 aromatic rings. The summed E-state index contributed by atoms with van der Waals surface area (Å²) in [6, 6.07) is 22.6. The van der Waals surface area contributed by atoms with Crippen molar-refractivity contribution < 1.29 is 52.5 Å². The summed E-state index contributed by atoms with van der Waals surface area (Å²) in [5, 5.41) is 5.63. The number of amides is 2. The summed E-state index contributed by atoms with van der Waals surface area (Å²) >= 11 is 0. The lowest BCUT2D eigenvalue weighted by Gasteiger charge is -2.44. The zero-order chi connectivity index (χ0) is 44.4. The van der Waals surface area contributed by atoms with Crippen LogP contribution in [0, 0.1) is 0 Å². The molecule has 0 spiro atoms. The summed E-state index contributed by atoms with van der Waals surface area (Å²) in [5.74, 6) is -3.86. The highest BCUT2D eigenvalue weighted by molar-refractivity contribution is 5.92. The van der Waals surface area contributed by atoms with Crippen LogP contribution < -0.4 is 10.6 Å². The third-order valence-electron chi connectivity index (χ3n) is 9.35. The molecule has 18 nitrogen and oxygen atoms in total. The van der Waals surface area contributed by atoms with Gasteiger partial charge in [0.05, 0.1) is 30.0 Å². The van der Waals surface area contributed by atoms with E-state index in [1.165, 1.54) is 0 Å². The van der Waals surface area contributed by atoms with Gasteiger partial charge in [0, 0.05) is 84.7 Å². The quantitative estimate of drug-likeness (QED) is 0.0965. The predicted octanol–water partition coefficient (Wildman–Crippen LogP) is 2.76. The Hall–Kier alpha value is -6.63. The topological polar surface area (TPSA) is 218 Å². The molecule has 0 bridgehead atoms. The number of carbonyl (C=O) groups is 6. The number of benzene rings is 1. The Labute approximate surface area is 359 Å². The number of rotatable bonds is 20. The van der Waals surface area contributed by atoms with Crippen molar-refractivity contribution in [1.29, 1.82) is 0 Å². The fourth-order valence-electron chi connectivity index (χ4n) is 6.73. The lowest BCUT2D eigenvalue weighted by atomic mass is 9.95. The van der Waals surface area contributed by atoms with Gasteiger partial charge in [0.15, 0.2) is 12.2 Å². The SMILES string of the molecule is CC(=O)OC[C@H]1OC(OC(C)=O)[C@H](NC(=O)Cc2ccc(NC(=O)CN(CCN(Cc3ccccn3)Cc3ccccn3)Cc3ccccn3)cc2)[C@@H](OC(C)=O)[C@@H]1OC(C)=O. The van der Waals surface area contributed by atoms with E-state index in [1.54, 1.807) is 42.9 Å². The van der Waals surface area contributed by atoms with Gasteiger partial charge in [0.2, 0.25) is 18.1 Å². The molecule has 62 heavy (non-hydrogen) atoms. The molecule has 2 N–H and O–H groups in total. The van der Waals surface area contributed by atoms with E-state index in [1.807, 2.05) is 59.5 Å². The van der Waals surface area contributed by atoms with Crippen LogP contribution in [0.1, 0.15) is 50.3 Å². The first-order valence-electron chi connectivity index (χ1n) is 19.9. The molecule has 0 radical (unpaired) electrons. The molecule has 1 aliphatic rings. The highest BCUT2D eigenvalue weighted by Crippen LogP contribution is 2.28. The molecule has 0 saturated carbocycles. The number of hydrogen-bond acceptors (Lipinski definition) is 16. The number of aromatic nitrogens is 3. The van der Waals surface area contributed by atoms with Crippen LogP contribution in [0.5, 0.6) is 0 Å². The van der Waals surface area contributed by atoms with Gasteiger partial charge in [-0.1, -0.05) is 30.3 Å². The van der Waals surface area contributed by atoms with Gasteiger partial charge in [-0.05, 0) is 54.1 Å². The molecule has 328 valence electrons. The Morgan fingerprint density at radius 1 is 0.613 bits per heavy atom. The monoisotopic (exact) mass is 853 g/mol. The second-order valence-electron chi connectivity index (χ2n) is 14.5. The molecule has 1 fully saturated rings. The maximum absolute atomic E-state index is 13.5. The third-order valence-corrected chi connectivity index (χ3v) is 9.35. The molecule has 1 aliphatic heterocycles. The second kappa shape index (κ2) is 23.4. The van der Waals surface area contributed by atoms with E-state index in [4.69, 9.17) is 23.7 Å². The van der Waals surface area contributed by atoms with Crippen LogP contribution in [0.25, 0.3) is 0 Å². The zero-order valence-electron chi connectivity index (χ0n) is 35.0. The van der Waals surface area contributed by atoms with Crippen LogP contribution in [-0.4, -0.2) is 117 Å². The van der Waals surface area contributed by atoms with Gasteiger partial charge in [-0.15, -0.1) is 0 Å². The number of pyridine rings is 3. The molecule has 1 unspecified atom stereocenters. The van der Waals surface area contributed by atoms with Crippen molar-refractivity contribution in [2.24, 2.45) is 0 Å². The van der Waals surface area contributed by atoms with Crippen LogP contribution in [0.2, 0.25) is 0 Å². The Bertz CT molecular complexity index is 2060. The largest absolute Gasteiger partial charge is 0.463 e. The number of carbonyl (C=O) groups excluding carboxylic acids is 6. The zero-order valence-corrected chi connectivity index (χ0v) is 35.0. The maximum Gasteiger partial charge on any atom is 0.305 e. The lowest BCUT2D eigenvalue weighted by Crippen LogP contribution is -2.67. The Morgan fingerprint density at radius 3 is 1.63 bits per heavy atom. The standard InChI is InChI=1S/C44H51N7O11/c1-29(52)58-28-38-42(59-30(2)53)43(60-31(3)54)41(44(62-38)61-32(4)55)49-39(56)23-33-14-16-34(17-15-33)48-40(57)27-51(26-37-13-7-10-20-47-37)22-21-50(24-35-11-5-8-18-45-35)25-36-12-6-9-19-46-36/h5-20,38,41-44H,21-28H2,1-4H3,(H,48,57)(H,49,56)/t38-,41-,42-,43-,44?/m1/s1. The van der Waals surface area contributed by atoms with E-state index in [2.05, 4.69) is 30.5 Å². The van der Waals surface area contributed by atoms with E-state index >= 15 is 0 Å². The predicted molar refractivity (Wildman–Crippen MR) is 221 cm³/mol. The molecule has 3 aromatic heterocycles. The van der Waals surface area contributed by atoms with E-state index in [0.717, 1.165) is 44.8 Å². The molecule has 1 saturated heterocycles. The van der Waals surface area contributed by atoms with E-state index < -0.39 is 67.0 Å². The van der Waals surface area contributed by atoms with Gasteiger partial charge in [0.25, 0.3) is 0 Å². The summed E-state index contributed by atoms with van der Waals surface area (Å²) in [7, 11) is 0. The van der Waals surface area contributed by atoms with Crippen molar-refractivity contribution in [3.8, 4) is 0 Å². The fraction of sp³-hybridized carbons (Fsp3) is 0.386. The van der Waals surface area contributed by atoms with Crippen molar-refractivity contribution in [2.45, 2.75) is 84.4 Å². The molecule has 2 amide bonds. The van der Waals surface area contributed by atoms with Crippen molar-refractivity contribution in [3.05, 3.63) is 120 Å². The number of nitrogens with one attached hydrogen (secondary N) is 2. The highest BCUT2D eigenvalue weighted by Gasteiger charge is 2.52. The first-order valence-corrected chi connectivity index (χ1v) is 19.9. The maximum atomic E-state index is 13.5. The Morgan fingerprint density at radius 2 is 1.13 bits per heavy atom. The molecular formula is C44H51N7O11. The highest BCUT2D eigenvalue weighted by atomic mass is 16.7. The van der Waals surface area contributed by atoms with Crippen molar-refractivity contribution in [2.75, 3.05) is 31.6 Å². The van der Waals surface area contributed by atoms with Crippen molar-refractivity contribution in [1.82, 2.24) is 30.1 Å². The van der Waals surface area contributed by atoms with E-state index in [0.29, 0.717) is 44.0 Å². The van der Waals surface area contributed by atoms with E-state index in [9.17, 15) is 28.8 Å². The third kappa shape index (κ3) is 15.4. The van der Waals surface area contributed by atoms with Gasteiger partial charge in [-0.25, -0.2) is 0 Å².